The topological polar surface area (TPSA) is 48.0 Å². The molecule has 0 radical (unpaired) electrons. The van der Waals surface area contributed by atoms with E-state index in [2.05, 4.69) is 31.2 Å². The number of nitrogens with zero attached hydrogens (tertiary/aromatic N) is 1. The molecule has 2 aromatic carbocycles. The number of aryl methyl sites for hydroxylation is 1. The first kappa shape index (κ1) is 21.8. The highest BCUT2D eigenvalue weighted by Gasteiger charge is 2.45. The number of amides is 1. The van der Waals surface area contributed by atoms with E-state index in [-0.39, 0.29) is 23.7 Å². The number of ether oxygens (including phenoxy) is 3. The molecule has 0 aliphatic carbocycles. The van der Waals surface area contributed by atoms with Crippen molar-refractivity contribution in [3.63, 3.8) is 0 Å². The van der Waals surface area contributed by atoms with Crippen molar-refractivity contribution in [3.8, 4) is 5.75 Å². The third-order valence-corrected chi connectivity index (χ3v) is 6.59. The minimum Gasteiger partial charge on any atom is -0.496 e. The van der Waals surface area contributed by atoms with Crippen molar-refractivity contribution in [1.29, 1.82) is 0 Å². The van der Waals surface area contributed by atoms with E-state index < -0.39 is 0 Å². The van der Waals surface area contributed by atoms with Crippen LogP contribution in [0.4, 0.5) is 0 Å². The zero-order valence-corrected chi connectivity index (χ0v) is 18.8. The minimum atomic E-state index is -0.244. The molecule has 1 spiro atoms. The molecule has 2 saturated heterocycles. The Morgan fingerprint density at radius 1 is 1.16 bits per heavy atom. The van der Waals surface area contributed by atoms with Crippen LogP contribution in [0, 0.1) is 6.92 Å². The number of hydrogen-bond acceptors (Lipinski definition) is 4. The molecule has 166 valence electrons. The fourth-order valence-corrected chi connectivity index (χ4v) is 4.97. The molecule has 2 aliphatic heterocycles. The lowest BCUT2D eigenvalue weighted by Gasteiger charge is -2.48. The number of piperidine rings is 1. The summed E-state index contributed by atoms with van der Waals surface area (Å²) in [6.45, 7) is 6.11. The molecule has 0 N–H and O–H groups in total. The zero-order chi connectivity index (χ0) is 21.8. The second kappa shape index (κ2) is 9.41. The average Bonchev–Trinajstić information content (AvgIpc) is 2.80. The lowest BCUT2D eigenvalue weighted by atomic mass is 9.80. The van der Waals surface area contributed by atoms with Gasteiger partial charge in [-0.25, -0.2) is 0 Å². The number of likely N-dealkylation sites (tertiary alicyclic amines) is 1. The largest absolute Gasteiger partial charge is 0.496 e. The lowest BCUT2D eigenvalue weighted by molar-refractivity contribution is -0.190. The monoisotopic (exact) mass is 423 g/mol. The molecule has 2 aliphatic rings. The van der Waals surface area contributed by atoms with Gasteiger partial charge in [0, 0.05) is 32.5 Å². The van der Waals surface area contributed by atoms with Gasteiger partial charge in [-0.05, 0) is 44.4 Å². The maximum absolute atomic E-state index is 13.2. The first-order valence-corrected chi connectivity index (χ1v) is 11.3. The molecular weight excluding hydrogens is 390 g/mol. The minimum absolute atomic E-state index is 0.0330. The van der Waals surface area contributed by atoms with Crippen molar-refractivity contribution in [2.75, 3.05) is 26.8 Å². The van der Waals surface area contributed by atoms with Gasteiger partial charge in [-0.15, -0.1) is 0 Å². The summed E-state index contributed by atoms with van der Waals surface area (Å²) in [5.41, 5.74) is 2.65. The number of hydrogen-bond donors (Lipinski definition) is 0. The fourth-order valence-electron chi connectivity index (χ4n) is 4.97. The lowest BCUT2D eigenvalue weighted by Crippen LogP contribution is -2.52. The Labute approximate surface area is 185 Å². The molecule has 2 fully saturated rings. The zero-order valence-electron chi connectivity index (χ0n) is 18.8. The van der Waals surface area contributed by atoms with Gasteiger partial charge in [0.2, 0.25) is 0 Å². The van der Waals surface area contributed by atoms with E-state index in [1.54, 1.807) is 7.11 Å². The van der Waals surface area contributed by atoms with E-state index in [4.69, 9.17) is 14.2 Å². The summed E-state index contributed by atoms with van der Waals surface area (Å²) < 4.78 is 18.2. The van der Waals surface area contributed by atoms with Crippen LogP contribution >= 0.6 is 0 Å². The van der Waals surface area contributed by atoms with E-state index in [0.29, 0.717) is 31.0 Å². The molecule has 31 heavy (non-hydrogen) atoms. The highest BCUT2D eigenvalue weighted by Crippen LogP contribution is 2.44. The van der Waals surface area contributed by atoms with Crippen molar-refractivity contribution in [2.45, 2.75) is 57.3 Å². The van der Waals surface area contributed by atoms with Crippen LogP contribution in [-0.4, -0.2) is 49.3 Å². The molecule has 2 atom stereocenters. The van der Waals surface area contributed by atoms with Crippen LogP contribution in [0.1, 0.15) is 60.2 Å². The molecule has 2 heterocycles. The second-order valence-corrected chi connectivity index (χ2v) is 8.71. The van der Waals surface area contributed by atoms with Gasteiger partial charge < -0.3 is 19.1 Å². The molecule has 4 rings (SSSR count). The summed E-state index contributed by atoms with van der Waals surface area (Å²) in [7, 11) is 1.61. The van der Waals surface area contributed by atoms with Crippen LogP contribution in [0.15, 0.2) is 48.5 Å². The normalized spacial score (nSPS) is 23.0. The van der Waals surface area contributed by atoms with Crippen LogP contribution in [-0.2, 0) is 9.47 Å². The van der Waals surface area contributed by atoms with Crippen molar-refractivity contribution >= 4 is 5.91 Å². The molecule has 1 amide bonds. The maximum Gasteiger partial charge on any atom is 0.257 e. The van der Waals surface area contributed by atoms with Gasteiger partial charge in [-0.2, -0.15) is 0 Å². The molecule has 0 aromatic heterocycles. The predicted octanol–water partition coefficient (Wildman–Crippen LogP) is 4.94. The molecule has 5 nitrogen and oxygen atoms in total. The molecule has 5 heteroatoms. The first-order valence-electron chi connectivity index (χ1n) is 11.3. The van der Waals surface area contributed by atoms with Gasteiger partial charge in [-0.3, -0.25) is 4.79 Å². The summed E-state index contributed by atoms with van der Waals surface area (Å²) >= 11 is 0. The molecule has 2 aromatic rings. The number of benzene rings is 2. The van der Waals surface area contributed by atoms with Crippen LogP contribution in [0.2, 0.25) is 0 Å². The van der Waals surface area contributed by atoms with Crippen molar-refractivity contribution in [1.82, 2.24) is 4.90 Å². The summed E-state index contributed by atoms with van der Waals surface area (Å²) in [4.78, 5) is 15.2. The number of carbonyl (C=O) groups is 1. The third-order valence-electron chi connectivity index (χ3n) is 6.59. The van der Waals surface area contributed by atoms with Gasteiger partial charge >= 0.3 is 0 Å². The van der Waals surface area contributed by atoms with Crippen LogP contribution < -0.4 is 4.74 Å². The summed E-state index contributed by atoms with van der Waals surface area (Å²) in [6.07, 6.45) is 3.62. The Balaban J connectivity index is 1.49. The predicted molar refractivity (Wildman–Crippen MR) is 121 cm³/mol. The van der Waals surface area contributed by atoms with Gasteiger partial charge in [0.15, 0.2) is 0 Å². The summed E-state index contributed by atoms with van der Waals surface area (Å²) in [5, 5.41) is 0. The molecule has 0 bridgehead atoms. The maximum atomic E-state index is 13.2. The standard InChI is InChI=1S/C26H33NO4/c1-4-30-21-17-24(20-8-6-5-7-9-20)31-26(18-21)12-14-27(15-13-26)25(28)22-16-19(2)10-11-23(22)29-3/h5-11,16,21,24H,4,12-15,17-18H2,1-3H3/t21-,24-/m0/s1. The van der Waals surface area contributed by atoms with Crippen LogP contribution in [0.3, 0.4) is 0 Å². The van der Waals surface area contributed by atoms with Gasteiger partial charge in [0.05, 0.1) is 30.5 Å². The van der Waals surface area contributed by atoms with E-state index >= 15 is 0 Å². The van der Waals surface area contributed by atoms with Gasteiger partial charge in [-0.1, -0.05) is 42.0 Å². The van der Waals surface area contributed by atoms with Crippen LogP contribution in [0.5, 0.6) is 5.75 Å². The third kappa shape index (κ3) is 4.78. The summed E-state index contributed by atoms with van der Waals surface area (Å²) in [5.74, 6) is 0.664. The Morgan fingerprint density at radius 2 is 1.90 bits per heavy atom. The van der Waals surface area contributed by atoms with Crippen molar-refractivity contribution < 1.29 is 19.0 Å². The van der Waals surface area contributed by atoms with Crippen molar-refractivity contribution in [3.05, 3.63) is 65.2 Å². The number of rotatable bonds is 5. The number of methoxy groups -OCH3 is 1. The Kier molecular flexibility index (Phi) is 6.63. The highest BCUT2D eigenvalue weighted by molar-refractivity contribution is 5.97. The number of carbonyl (C=O) groups excluding carboxylic acids is 1. The fraction of sp³-hybridized carbons (Fsp3) is 0.500. The van der Waals surface area contributed by atoms with E-state index in [1.165, 1.54) is 5.56 Å². The Hall–Kier alpha value is -2.37. The van der Waals surface area contributed by atoms with E-state index in [9.17, 15) is 4.79 Å². The smallest absolute Gasteiger partial charge is 0.257 e. The first-order chi connectivity index (χ1) is 15.0. The quantitative estimate of drug-likeness (QED) is 0.684. The molecule has 0 saturated carbocycles. The Morgan fingerprint density at radius 3 is 2.58 bits per heavy atom. The van der Waals surface area contributed by atoms with Crippen LogP contribution in [0.25, 0.3) is 0 Å². The average molecular weight is 424 g/mol. The Bertz CT molecular complexity index is 890. The highest BCUT2D eigenvalue weighted by atomic mass is 16.5. The second-order valence-electron chi connectivity index (χ2n) is 8.71. The molecule has 0 unspecified atom stereocenters. The van der Waals surface area contributed by atoms with E-state index in [0.717, 1.165) is 31.2 Å². The van der Waals surface area contributed by atoms with Gasteiger partial charge in [0.1, 0.15) is 5.75 Å². The summed E-state index contributed by atoms with van der Waals surface area (Å²) in [6, 6.07) is 16.2. The molecular formula is C26H33NO4. The SMILES string of the molecule is CCO[C@H]1C[C@@H](c2ccccc2)OC2(CCN(C(=O)c3cc(C)ccc3OC)CC2)C1. The van der Waals surface area contributed by atoms with Crippen molar-refractivity contribution in [2.24, 2.45) is 0 Å². The van der Waals surface area contributed by atoms with E-state index in [1.807, 2.05) is 36.1 Å². The van der Waals surface area contributed by atoms with Gasteiger partial charge in [0.25, 0.3) is 5.91 Å².